The molecule has 2 fully saturated rings. The molecule has 1 unspecified atom stereocenters. The number of hydrogen-bond acceptors (Lipinski definition) is 2. The van der Waals surface area contributed by atoms with Gasteiger partial charge in [-0.25, -0.2) is 0 Å². The van der Waals surface area contributed by atoms with Gasteiger partial charge in [0.05, 0.1) is 6.61 Å². The van der Waals surface area contributed by atoms with Gasteiger partial charge in [0.25, 0.3) is 0 Å². The molecular formula is C33H49NO. The van der Waals surface area contributed by atoms with Crippen LogP contribution < -0.4 is 9.64 Å². The van der Waals surface area contributed by atoms with Gasteiger partial charge in [-0.3, -0.25) is 0 Å². The zero-order chi connectivity index (χ0) is 24.8. The van der Waals surface area contributed by atoms with Crippen molar-refractivity contribution in [2.75, 3.05) is 24.6 Å². The molecule has 1 saturated heterocycles. The summed E-state index contributed by atoms with van der Waals surface area (Å²) in [4.78, 5) is 2.66. The van der Waals surface area contributed by atoms with E-state index in [-0.39, 0.29) is 0 Å². The average molecular weight is 476 g/mol. The van der Waals surface area contributed by atoms with E-state index in [0.717, 1.165) is 43.7 Å². The van der Waals surface area contributed by atoms with E-state index in [4.69, 9.17) is 4.74 Å². The Morgan fingerprint density at radius 1 is 0.971 bits per heavy atom. The summed E-state index contributed by atoms with van der Waals surface area (Å²) in [5.41, 5.74) is 6.39. The van der Waals surface area contributed by atoms with Crippen molar-refractivity contribution in [3.8, 4) is 5.75 Å². The van der Waals surface area contributed by atoms with Crippen LogP contribution in [-0.2, 0) is 12.8 Å². The Bertz CT molecular complexity index is 930. The van der Waals surface area contributed by atoms with Crippen molar-refractivity contribution >= 4 is 5.69 Å². The number of rotatable bonds is 11. The third-order valence-corrected chi connectivity index (χ3v) is 8.29. The van der Waals surface area contributed by atoms with Crippen molar-refractivity contribution in [3.05, 3.63) is 59.2 Å². The van der Waals surface area contributed by atoms with Crippen LogP contribution in [0.2, 0.25) is 0 Å². The van der Waals surface area contributed by atoms with Crippen LogP contribution in [0.15, 0.2) is 42.5 Å². The van der Waals surface area contributed by atoms with E-state index in [1.54, 1.807) is 5.56 Å². The van der Waals surface area contributed by atoms with Crippen LogP contribution in [0, 0.1) is 17.3 Å². The molecule has 1 heterocycles. The molecule has 2 nitrogen and oxygen atoms in total. The number of nitrogens with zero attached hydrogens (tertiary/aromatic N) is 1. The minimum absolute atomic E-state index is 0.413. The maximum atomic E-state index is 6.35. The number of piperidine rings is 1. The Labute approximate surface area is 215 Å². The van der Waals surface area contributed by atoms with E-state index in [1.165, 1.54) is 68.2 Å². The molecule has 1 saturated carbocycles. The van der Waals surface area contributed by atoms with Gasteiger partial charge >= 0.3 is 0 Å². The smallest absolute Gasteiger partial charge is 0.119 e. The van der Waals surface area contributed by atoms with Crippen molar-refractivity contribution in [2.45, 2.75) is 98.3 Å². The molecule has 0 spiro atoms. The highest BCUT2D eigenvalue weighted by molar-refractivity contribution is 5.56. The summed E-state index contributed by atoms with van der Waals surface area (Å²) in [5, 5.41) is 0. The zero-order valence-corrected chi connectivity index (χ0v) is 23.1. The largest absolute Gasteiger partial charge is 0.493 e. The summed E-state index contributed by atoms with van der Waals surface area (Å²) in [6.07, 6.45) is 11.3. The van der Waals surface area contributed by atoms with Crippen molar-refractivity contribution in [1.29, 1.82) is 0 Å². The van der Waals surface area contributed by atoms with Crippen LogP contribution in [0.25, 0.3) is 0 Å². The molecule has 192 valence electrons. The third kappa shape index (κ3) is 7.51. The highest BCUT2D eigenvalue weighted by Crippen LogP contribution is 2.45. The van der Waals surface area contributed by atoms with Gasteiger partial charge in [0.15, 0.2) is 0 Å². The van der Waals surface area contributed by atoms with Crippen LogP contribution in [-0.4, -0.2) is 19.7 Å². The Balaban J connectivity index is 1.31. The highest BCUT2D eigenvalue weighted by atomic mass is 16.5. The van der Waals surface area contributed by atoms with E-state index in [2.05, 4.69) is 82.0 Å². The number of anilines is 1. The number of benzene rings is 2. The van der Waals surface area contributed by atoms with Gasteiger partial charge in [0.1, 0.15) is 5.75 Å². The second-order valence-corrected chi connectivity index (χ2v) is 12.4. The summed E-state index contributed by atoms with van der Waals surface area (Å²) in [6.45, 7) is 14.8. The first-order valence-electron chi connectivity index (χ1n) is 14.5. The summed E-state index contributed by atoms with van der Waals surface area (Å²) in [5.74, 6) is 3.35. The standard InChI is InChI=1S/C33H49NO/c1-6-25-13-14-28(11-9-19-33(3,4)5)32(22-25)34-20-17-26(18-21-34)24-35-30-12-8-10-29(23-30)31(7-2)27-15-16-27/h8,10,12-14,22-23,26-27,31H,6-7,9,11,15-21,24H2,1-5H3. The minimum atomic E-state index is 0.413. The molecule has 0 bridgehead atoms. The summed E-state index contributed by atoms with van der Waals surface area (Å²) in [7, 11) is 0. The fourth-order valence-electron chi connectivity index (χ4n) is 5.87. The second kappa shape index (κ2) is 11.8. The topological polar surface area (TPSA) is 12.5 Å². The third-order valence-electron chi connectivity index (χ3n) is 8.29. The lowest BCUT2D eigenvalue weighted by atomic mass is 9.88. The SMILES string of the molecule is CCc1ccc(CCCC(C)(C)C)c(N2CCC(COc3cccc(C(CC)C4CC4)c3)CC2)c1. The van der Waals surface area contributed by atoms with Crippen LogP contribution in [0.4, 0.5) is 5.69 Å². The van der Waals surface area contributed by atoms with Gasteiger partial charge in [0, 0.05) is 18.8 Å². The van der Waals surface area contributed by atoms with Gasteiger partial charge < -0.3 is 9.64 Å². The van der Waals surface area contributed by atoms with Gasteiger partial charge in [-0.05, 0) is 116 Å². The van der Waals surface area contributed by atoms with E-state index < -0.39 is 0 Å². The van der Waals surface area contributed by atoms with E-state index in [0.29, 0.717) is 11.3 Å². The van der Waals surface area contributed by atoms with Crippen LogP contribution in [0.3, 0.4) is 0 Å². The van der Waals surface area contributed by atoms with Crippen molar-refractivity contribution in [1.82, 2.24) is 0 Å². The Kier molecular flexibility index (Phi) is 8.84. The zero-order valence-electron chi connectivity index (χ0n) is 23.1. The number of aryl methyl sites for hydroxylation is 2. The predicted octanol–water partition coefficient (Wildman–Crippen LogP) is 8.82. The maximum Gasteiger partial charge on any atom is 0.119 e. The fourth-order valence-corrected chi connectivity index (χ4v) is 5.87. The van der Waals surface area contributed by atoms with Gasteiger partial charge in [0.2, 0.25) is 0 Å². The lowest BCUT2D eigenvalue weighted by molar-refractivity contribution is 0.222. The summed E-state index contributed by atoms with van der Waals surface area (Å²) in [6, 6.07) is 16.2. The summed E-state index contributed by atoms with van der Waals surface area (Å²) >= 11 is 0. The van der Waals surface area contributed by atoms with Crippen LogP contribution in [0.1, 0.15) is 102 Å². The normalized spacial score (nSPS) is 18.0. The fraction of sp³-hybridized carbons (Fsp3) is 0.636. The Morgan fingerprint density at radius 2 is 1.74 bits per heavy atom. The highest BCUT2D eigenvalue weighted by Gasteiger charge is 2.31. The average Bonchev–Trinajstić information content (AvgIpc) is 3.69. The first-order valence-corrected chi connectivity index (χ1v) is 14.5. The van der Waals surface area contributed by atoms with Gasteiger partial charge in [-0.15, -0.1) is 0 Å². The van der Waals surface area contributed by atoms with Gasteiger partial charge in [-0.1, -0.05) is 58.9 Å². The van der Waals surface area contributed by atoms with E-state index in [1.807, 2.05) is 0 Å². The van der Waals surface area contributed by atoms with Gasteiger partial charge in [-0.2, -0.15) is 0 Å². The van der Waals surface area contributed by atoms with E-state index >= 15 is 0 Å². The molecule has 0 radical (unpaired) electrons. The molecule has 4 rings (SSSR count). The van der Waals surface area contributed by atoms with Crippen LogP contribution in [0.5, 0.6) is 5.75 Å². The van der Waals surface area contributed by atoms with Crippen molar-refractivity contribution in [2.24, 2.45) is 17.3 Å². The first kappa shape index (κ1) is 26.1. The lowest BCUT2D eigenvalue weighted by Crippen LogP contribution is -2.36. The molecule has 0 amide bonds. The molecular weight excluding hydrogens is 426 g/mol. The minimum Gasteiger partial charge on any atom is -0.493 e. The van der Waals surface area contributed by atoms with E-state index in [9.17, 15) is 0 Å². The predicted molar refractivity (Wildman–Crippen MR) is 151 cm³/mol. The molecule has 35 heavy (non-hydrogen) atoms. The molecule has 1 aliphatic carbocycles. The molecule has 2 aromatic rings. The quantitative estimate of drug-likeness (QED) is 0.322. The lowest BCUT2D eigenvalue weighted by Gasteiger charge is -2.35. The monoisotopic (exact) mass is 475 g/mol. The molecule has 1 aliphatic heterocycles. The van der Waals surface area contributed by atoms with Crippen molar-refractivity contribution < 1.29 is 4.74 Å². The summed E-state index contributed by atoms with van der Waals surface area (Å²) < 4.78 is 6.35. The maximum absolute atomic E-state index is 6.35. The number of ether oxygens (including phenoxy) is 1. The first-order chi connectivity index (χ1) is 16.9. The molecule has 2 aliphatic rings. The molecule has 2 aromatic carbocycles. The molecule has 0 N–H and O–H groups in total. The molecule has 0 aromatic heterocycles. The van der Waals surface area contributed by atoms with Crippen molar-refractivity contribution in [3.63, 3.8) is 0 Å². The molecule has 2 heteroatoms. The number of hydrogen-bond donors (Lipinski definition) is 0. The Morgan fingerprint density at radius 3 is 2.40 bits per heavy atom. The Hall–Kier alpha value is -1.96. The van der Waals surface area contributed by atoms with Crippen LogP contribution >= 0.6 is 0 Å². The second-order valence-electron chi connectivity index (χ2n) is 12.4. The molecule has 1 atom stereocenters.